The average Bonchev–Trinajstić information content (AvgIpc) is 3.35. The number of guanidine groups is 1. The third kappa shape index (κ3) is 4.77. The van der Waals surface area contributed by atoms with Crippen LogP contribution in [0.5, 0.6) is 0 Å². The second kappa shape index (κ2) is 10.1. The van der Waals surface area contributed by atoms with Crippen LogP contribution in [0.2, 0.25) is 0 Å². The van der Waals surface area contributed by atoms with Crippen molar-refractivity contribution in [2.75, 3.05) is 53.2 Å². The van der Waals surface area contributed by atoms with Crippen molar-refractivity contribution in [1.29, 1.82) is 0 Å². The van der Waals surface area contributed by atoms with Gasteiger partial charge in [0.15, 0.2) is 5.96 Å². The van der Waals surface area contributed by atoms with Crippen LogP contribution in [0.4, 0.5) is 0 Å². The summed E-state index contributed by atoms with van der Waals surface area (Å²) in [4.78, 5) is 7.26. The molecule has 6 nitrogen and oxygen atoms in total. The van der Waals surface area contributed by atoms with Gasteiger partial charge in [-0.15, -0.1) is 0 Å². The van der Waals surface area contributed by atoms with Crippen LogP contribution in [0, 0.1) is 11.3 Å². The number of methoxy groups -OCH3 is 1. The number of ether oxygens (including phenoxy) is 3. The predicted molar refractivity (Wildman–Crippen MR) is 108 cm³/mol. The molecule has 0 bridgehead atoms. The van der Waals surface area contributed by atoms with Crippen molar-refractivity contribution in [1.82, 2.24) is 10.2 Å². The average molecular weight is 382 g/mol. The summed E-state index contributed by atoms with van der Waals surface area (Å²) in [5.41, 5.74) is 0.340. The summed E-state index contributed by atoms with van der Waals surface area (Å²) in [6, 6.07) is 0.513. The standard InChI is InChI=1S/C21H39N3O3/c1-4-22-20(24-11-8-17(15-24)16-26-13-12-25-3)23-18-14-19(27-5-2)21(18)9-6-7-10-21/h17-19H,4-16H2,1-3H3,(H,22,23). The van der Waals surface area contributed by atoms with Crippen molar-refractivity contribution in [2.45, 2.75) is 64.5 Å². The van der Waals surface area contributed by atoms with E-state index in [1.807, 2.05) is 0 Å². The highest BCUT2D eigenvalue weighted by Gasteiger charge is 2.57. The summed E-state index contributed by atoms with van der Waals surface area (Å²) in [6.45, 7) is 10.2. The molecule has 156 valence electrons. The van der Waals surface area contributed by atoms with E-state index in [1.54, 1.807) is 7.11 Å². The van der Waals surface area contributed by atoms with E-state index < -0.39 is 0 Å². The zero-order valence-corrected chi connectivity index (χ0v) is 17.5. The molecule has 3 atom stereocenters. The first-order valence-corrected chi connectivity index (χ1v) is 11.0. The maximum Gasteiger partial charge on any atom is 0.194 e. The van der Waals surface area contributed by atoms with Crippen molar-refractivity contribution in [2.24, 2.45) is 16.3 Å². The molecule has 0 amide bonds. The lowest BCUT2D eigenvalue weighted by atomic mass is 9.60. The Balaban J connectivity index is 1.53. The number of nitrogens with one attached hydrogen (secondary N) is 1. The van der Waals surface area contributed by atoms with Gasteiger partial charge in [0.25, 0.3) is 0 Å². The molecule has 1 spiro atoms. The van der Waals surface area contributed by atoms with E-state index in [0.29, 0.717) is 36.7 Å². The summed E-state index contributed by atoms with van der Waals surface area (Å²) in [5, 5.41) is 3.85. The first-order chi connectivity index (χ1) is 13.2. The van der Waals surface area contributed by atoms with Gasteiger partial charge in [0.2, 0.25) is 0 Å². The Kier molecular flexibility index (Phi) is 7.79. The van der Waals surface area contributed by atoms with E-state index in [0.717, 1.165) is 45.2 Å². The lowest BCUT2D eigenvalue weighted by Gasteiger charge is -2.54. The predicted octanol–water partition coefficient (Wildman–Crippen LogP) is 2.67. The molecule has 1 aliphatic heterocycles. The van der Waals surface area contributed by atoms with Crippen molar-refractivity contribution in [3.8, 4) is 0 Å². The maximum atomic E-state index is 6.07. The molecule has 1 saturated heterocycles. The Hall–Kier alpha value is -0.850. The smallest absolute Gasteiger partial charge is 0.194 e. The molecule has 27 heavy (non-hydrogen) atoms. The topological polar surface area (TPSA) is 55.3 Å². The van der Waals surface area contributed by atoms with E-state index in [-0.39, 0.29) is 0 Å². The molecule has 0 aromatic heterocycles. The van der Waals surface area contributed by atoms with Crippen LogP contribution in [-0.2, 0) is 14.2 Å². The quantitative estimate of drug-likeness (QED) is 0.378. The van der Waals surface area contributed by atoms with Crippen molar-refractivity contribution in [3.05, 3.63) is 0 Å². The zero-order chi connectivity index (χ0) is 19.1. The van der Waals surface area contributed by atoms with E-state index in [4.69, 9.17) is 19.2 Å². The summed E-state index contributed by atoms with van der Waals surface area (Å²) in [7, 11) is 1.72. The second-order valence-corrected chi connectivity index (χ2v) is 8.28. The van der Waals surface area contributed by atoms with Crippen LogP contribution in [0.15, 0.2) is 4.99 Å². The minimum atomic E-state index is 0.340. The van der Waals surface area contributed by atoms with Crippen LogP contribution in [0.1, 0.15) is 52.4 Å². The Bertz CT molecular complexity index is 479. The molecule has 2 saturated carbocycles. The van der Waals surface area contributed by atoms with Gasteiger partial charge < -0.3 is 24.4 Å². The number of hydrogen-bond acceptors (Lipinski definition) is 4. The van der Waals surface area contributed by atoms with Crippen LogP contribution in [0.3, 0.4) is 0 Å². The number of likely N-dealkylation sites (tertiary alicyclic amines) is 1. The molecule has 0 aromatic rings. The minimum absolute atomic E-state index is 0.340. The maximum absolute atomic E-state index is 6.07. The fourth-order valence-electron chi connectivity index (χ4n) is 5.18. The van der Waals surface area contributed by atoms with Crippen LogP contribution in [-0.4, -0.2) is 76.2 Å². The van der Waals surface area contributed by atoms with E-state index in [1.165, 1.54) is 32.1 Å². The first-order valence-electron chi connectivity index (χ1n) is 11.0. The summed E-state index contributed by atoms with van der Waals surface area (Å²) in [6.07, 6.45) is 8.00. The molecule has 0 aromatic carbocycles. The molecule has 3 rings (SSSR count). The van der Waals surface area contributed by atoms with Crippen LogP contribution >= 0.6 is 0 Å². The SMILES string of the molecule is CCN=C(NC1CC(OCC)C12CCCC2)N1CCC(COCCOC)C1. The lowest BCUT2D eigenvalue weighted by molar-refractivity contribution is -0.126. The number of rotatable bonds is 9. The van der Waals surface area contributed by atoms with Gasteiger partial charge in [-0.05, 0) is 39.5 Å². The fraction of sp³-hybridized carbons (Fsp3) is 0.952. The Morgan fingerprint density at radius 1 is 1.22 bits per heavy atom. The molecule has 2 aliphatic carbocycles. The molecule has 3 unspecified atom stereocenters. The molecular weight excluding hydrogens is 342 g/mol. The van der Waals surface area contributed by atoms with Crippen LogP contribution < -0.4 is 5.32 Å². The highest BCUT2D eigenvalue weighted by molar-refractivity contribution is 5.81. The normalized spacial score (nSPS) is 30.1. The van der Waals surface area contributed by atoms with Gasteiger partial charge >= 0.3 is 0 Å². The molecular formula is C21H39N3O3. The Morgan fingerprint density at radius 3 is 2.74 bits per heavy atom. The molecule has 0 radical (unpaired) electrons. The van der Waals surface area contributed by atoms with Crippen molar-refractivity contribution in [3.63, 3.8) is 0 Å². The number of nitrogens with zero attached hydrogens (tertiary/aromatic N) is 2. The summed E-state index contributed by atoms with van der Waals surface area (Å²) in [5.74, 6) is 1.69. The van der Waals surface area contributed by atoms with Gasteiger partial charge in [-0.2, -0.15) is 0 Å². The summed E-state index contributed by atoms with van der Waals surface area (Å²) < 4.78 is 16.9. The van der Waals surface area contributed by atoms with Gasteiger partial charge in [-0.25, -0.2) is 0 Å². The van der Waals surface area contributed by atoms with E-state index in [9.17, 15) is 0 Å². The molecule has 3 fully saturated rings. The molecule has 1 N–H and O–H groups in total. The monoisotopic (exact) mass is 381 g/mol. The number of aliphatic imine (C=N–C) groups is 1. The fourth-order valence-corrected chi connectivity index (χ4v) is 5.18. The van der Waals surface area contributed by atoms with E-state index in [2.05, 4.69) is 24.1 Å². The second-order valence-electron chi connectivity index (χ2n) is 8.28. The Labute approximate surface area is 165 Å². The van der Waals surface area contributed by atoms with E-state index >= 15 is 0 Å². The Morgan fingerprint density at radius 2 is 2.04 bits per heavy atom. The summed E-state index contributed by atoms with van der Waals surface area (Å²) >= 11 is 0. The molecule has 1 heterocycles. The van der Waals surface area contributed by atoms with Crippen LogP contribution in [0.25, 0.3) is 0 Å². The largest absolute Gasteiger partial charge is 0.382 e. The third-order valence-electron chi connectivity index (χ3n) is 6.67. The highest BCUT2D eigenvalue weighted by atomic mass is 16.5. The van der Waals surface area contributed by atoms with Gasteiger partial charge in [0, 0.05) is 50.7 Å². The van der Waals surface area contributed by atoms with Gasteiger partial charge in [0.1, 0.15) is 0 Å². The minimum Gasteiger partial charge on any atom is -0.382 e. The van der Waals surface area contributed by atoms with Gasteiger partial charge in [-0.3, -0.25) is 4.99 Å². The van der Waals surface area contributed by atoms with Crippen molar-refractivity contribution >= 4 is 5.96 Å². The zero-order valence-electron chi connectivity index (χ0n) is 17.5. The highest BCUT2D eigenvalue weighted by Crippen LogP contribution is 2.54. The number of hydrogen-bond donors (Lipinski definition) is 1. The van der Waals surface area contributed by atoms with Crippen molar-refractivity contribution < 1.29 is 14.2 Å². The molecule has 6 heteroatoms. The van der Waals surface area contributed by atoms with Gasteiger partial charge in [0.05, 0.1) is 25.9 Å². The van der Waals surface area contributed by atoms with Gasteiger partial charge in [-0.1, -0.05) is 12.8 Å². The first kappa shape index (κ1) is 20.9. The third-order valence-corrected chi connectivity index (χ3v) is 6.67. The lowest BCUT2D eigenvalue weighted by Crippen LogP contribution is -2.65. The molecule has 3 aliphatic rings.